The van der Waals surface area contributed by atoms with Crippen molar-refractivity contribution in [2.45, 2.75) is 33.7 Å². The van der Waals surface area contributed by atoms with Crippen LogP contribution in [0, 0.1) is 6.92 Å². The molecule has 1 aliphatic heterocycles. The lowest BCUT2D eigenvalue weighted by molar-refractivity contribution is -0.141. The van der Waals surface area contributed by atoms with Gasteiger partial charge in [0, 0.05) is 32.1 Å². The van der Waals surface area contributed by atoms with Crippen LogP contribution in [0.5, 0.6) is 0 Å². The van der Waals surface area contributed by atoms with Gasteiger partial charge in [-0.2, -0.15) is 0 Å². The van der Waals surface area contributed by atoms with Gasteiger partial charge in [-0.15, -0.1) is 0 Å². The first kappa shape index (κ1) is 18.0. The first-order chi connectivity index (χ1) is 11.5. The van der Waals surface area contributed by atoms with E-state index in [-0.39, 0.29) is 12.6 Å². The molecule has 1 N–H and O–H groups in total. The molecule has 1 aromatic rings. The number of carbonyl (C=O) groups excluding carboxylic acids is 2. The van der Waals surface area contributed by atoms with Crippen LogP contribution in [0.3, 0.4) is 0 Å². The van der Waals surface area contributed by atoms with Crippen LogP contribution in [0.15, 0.2) is 0 Å². The minimum absolute atomic E-state index is 0.123. The van der Waals surface area contributed by atoms with Crippen molar-refractivity contribution in [2.75, 3.05) is 38.2 Å². The zero-order valence-electron chi connectivity index (χ0n) is 14.8. The quantitative estimate of drug-likeness (QED) is 0.804. The summed E-state index contributed by atoms with van der Waals surface area (Å²) in [4.78, 5) is 36.4. The first-order valence-corrected chi connectivity index (χ1v) is 8.22. The number of fused-ring (bicyclic) bond motifs is 1. The number of hydrogen-bond acceptors (Lipinski definition) is 6. The Hall–Kier alpha value is -2.38. The van der Waals surface area contributed by atoms with E-state index in [0.29, 0.717) is 26.1 Å². The van der Waals surface area contributed by atoms with E-state index in [1.165, 1.54) is 0 Å². The Morgan fingerprint density at radius 1 is 1.33 bits per heavy atom. The van der Waals surface area contributed by atoms with Crippen molar-refractivity contribution in [3.05, 3.63) is 17.1 Å². The van der Waals surface area contributed by atoms with Crippen molar-refractivity contribution in [2.24, 2.45) is 0 Å². The summed E-state index contributed by atoms with van der Waals surface area (Å²) in [5, 5.41) is 2.60. The molecule has 8 heteroatoms. The minimum Gasteiger partial charge on any atom is -0.465 e. The van der Waals surface area contributed by atoms with E-state index < -0.39 is 5.97 Å². The van der Waals surface area contributed by atoms with Crippen LogP contribution in [-0.2, 0) is 22.5 Å². The van der Waals surface area contributed by atoms with Crippen molar-refractivity contribution in [3.63, 3.8) is 0 Å². The highest BCUT2D eigenvalue weighted by Crippen LogP contribution is 2.26. The minimum atomic E-state index is -0.436. The molecule has 0 saturated carbocycles. The summed E-state index contributed by atoms with van der Waals surface area (Å²) in [6.45, 7) is 7.66. The van der Waals surface area contributed by atoms with Crippen LogP contribution in [0.1, 0.15) is 30.9 Å². The van der Waals surface area contributed by atoms with Gasteiger partial charge in [-0.1, -0.05) is 0 Å². The third-order valence-corrected chi connectivity index (χ3v) is 3.96. The highest BCUT2D eigenvalue weighted by molar-refractivity contribution is 5.81. The smallest absolute Gasteiger partial charge is 0.325 e. The maximum absolute atomic E-state index is 12.3. The molecule has 2 amide bonds. The van der Waals surface area contributed by atoms with Gasteiger partial charge in [0.05, 0.1) is 18.8 Å². The lowest BCUT2D eigenvalue weighted by Crippen LogP contribution is -2.45. The molecule has 0 radical (unpaired) electrons. The molecule has 0 atom stereocenters. The number of nitrogens with zero attached hydrogens (tertiary/aromatic N) is 4. The Bertz CT molecular complexity index is 620. The van der Waals surface area contributed by atoms with Gasteiger partial charge in [0.15, 0.2) is 0 Å². The third-order valence-electron chi connectivity index (χ3n) is 3.96. The van der Waals surface area contributed by atoms with Crippen LogP contribution in [0.4, 0.5) is 10.6 Å². The number of hydrogen-bond donors (Lipinski definition) is 1. The molecule has 0 bridgehead atoms. The summed E-state index contributed by atoms with van der Waals surface area (Å²) in [6.07, 6.45) is 0.677. The van der Waals surface area contributed by atoms with Gasteiger partial charge >= 0.3 is 12.0 Å². The second kappa shape index (κ2) is 7.94. The van der Waals surface area contributed by atoms with E-state index in [0.717, 1.165) is 29.4 Å². The SMILES string of the molecule is CCOC(=O)CNC(=O)N1CCc2nc(C)nc(N(C)CC)c2C1. The number of ether oxygens (including phenoxy) is 1. The standard InChI is InChI=1S/C16H25N5O3/c1-5-20(4)15-12-10-21(8-7-13(12)18-11(3)19-15)16(23)17-9-14(22)24-6-2/h5-10H2,1-4H3,(H,17,23). The van der Waals surface area contributed by atoms with E-state index >= 15 is 0 Å². The number of anilines is 1. The number of esters is 1. The number of carbonyl (C=O) groups is 2. The molecule has 132 valence electrons. The van der Waals surface area contributed by atoms with E-state index in [4.69, 9.17) is 4.74 Å². The van der Waals surface area contributed by atoms with Crippen molar-refractivity contribution in [3.8, 4) is 0 Å². The van der Waals surface area contributed by atoms with Gasteiger partial charge < -0.3 is 19.9 Å². The molecule has 0 fully saturated rings. The van der Waals surface area contributed by atoms with Crippen LogP contribution >= 0.6 is 0 Å². The molecule has 0 aliphatic carbocycles. The van der Waals surface area contributed by atoms with Gasteiger partial charge in [0.1, 0.15) is 18.2 Å². The summed E-state index contributed by atoms with van der Waals surface area (Å²) in [7, 11) is 1.97. The molecule has 1 aliphatic rings. The second-order valence-corrected chi connectivity index (χ2v) is 5.67. The number of nitrogens with one attached hydrogen (secondary N) is 1. The zero-order chi connectivity index (χ0) is 17.7. The normalized spacial score (nSPS) is 13.2. The molecule has 0 saturated heterocycles. The van der Waals surface area contributed by atoms with Crippen molar-refractivity contribution in [1.82, 2.24) is 20.2 Å². The maximum atomic E-state index is 12.3. The summed E-state index contributed by atoms with van der Waals surface area (Å²) < 4.78 is 4.82. The summed E-state index contributed by atoms with van der Waals surface area (Å²) in [5.74, 6) is 1.17. The number of aromatic nitrogens is 2. The van der Waals surface area contributed by atoms with Gasteiger partial charge in [0.25, 0.3) is 0 Å². The predicted molar refractivity (Wildman–Crippen MR) is 89.9 cm³/mol. The predicted octanol–water partition coefficient (Wildman–Crippen LogP) is 0.872. The lowest BCUT2D eigenvalue weighted by Gasteiger charge is -2.31. The van der Waals surface area contributed by atoms with Crippen molar-refractivity contribution < 1.29 is 14.3 Å². The van der Waals surface area contributed by atoms with Crippen LogP contribution in [0.2, 0.25) is 0 Å². The van der Waals surface area contributed by atoms with E-state index in [9.17, 15) is 9.59 Å². The molecule has 0 unspecified atom stereocenters. The van der Waals surface area contributed by atoms with Gasteiger partial charge in [0.2, 0.25) is 0 Å². The van der Waals surface area contributed by atoms with Gasteiger partial charge in [-0.05, 0) is 20.8 Å². The largest absolute Gasteiger partial charge is 0.465 e. The summed E-state index contributed by atoms with van der Waals surface area (Å²) in [6, 6.07) is -0.278. The van der Waals surface area contributed by atoms with Crippen LogP contribution < -0.4 is 10.2 Å². The Balaban J connectivity index is 2.10. The monoisotopic (exact) mass is 335 g/mol. The van der Waals surface area contributed by atoms with E-state index in [1.54, 1.807) is 11.8 Å². The Morgan fingerprint density at radius 2 is 2.08 bits per heavy atom. The average molecular weight is 335 g/mol. The van der Waals surface area contributed by atoms with E-state index in [1.807, 2.05) is 18.9 Å². The molecular formula is C16H25N5O3. The van der Waals surface area contributed by atoms with Crippen LogP contribution in [-0.4, -0.2) is 60.2 Å². The topological polar surface area (TPSA) is 87.7 Å². The van der Waals surface area contributed by atoms with Crippen molar-refractivity contribution >= 4 is 17.8 Å². The summed E-state index contributed by atoms with van der Waals surface area (Å²) in [5.41, 5.74) is 1.97. The fourth-order valence-electron chi connectivity index (χ4n) is 2.63. The van der Waals surface area contributed by atoms with E-state index in [2.05, 4.69) is 22.2 Å². The lowest BCUT2D eigenvalue weighted by atomic mass is 10.1. The molecule has 1 aromatic heterocycles. The molecule has 2 heterocycles. The Kier molecular flexibility index (Phi) is 5.94. The second-order valence-electron chi connectivity index (χ2n) is 5.67. The third kappa shape index (κ3) is 4.12. The number of rotatable bonds is 5. The maximum Gasteiger partial charge on any atom is 0.325 e. The zero-order valence-corrected chi connectivity index (χ0v) is 14.8. The number of amides is 2. The Morgan fingerprint density at radius 3 is 2.75 bits per heavy atom. The van der Waals surface area contributed by atoms with Crippen molar-refractivity contribution in [1.29, 1.82) is 0 Å². The molecular weight excluding hydrogens is 310 g/mol. The molecule has 0 aromatic carbocycles. The Labute approximate surface area is 142 Å². The fourth-order valence-corrected chi connectivity index (χ4v) is 2.63. The average Bonchev–Trinajstić information content (AvgIpc) is 2.58. The number of aryl methyl sites for hydroxylation is 1. The molecule has 8 nitrogen and oxygen atoms in total. The van der Waals surface area contributed by atoms with Gasteiger partial charge in [-0.25, -0.2) is 14.8 Å². The highest BCUT2D eigenvalue weighted by atomic mass is 16.5. The van der Waals surface area contributed by atoms with Gasteiger partial charge in [-0.3, -0.25) is 4.79 Å². The number of urea groups is 1. The molecule has 24 heavy (non-hydrogen) atoms. The fraction of sp³-hybridized carbons (Fsp3) is 0.625. The van der Waals surface area contributed by atoms with Crippen LogP contribution in [0.25, 0.3) is 0 Å². The first-order valence-electron chi connectivity index (χ1n) is 8.22. The molecule has 0 spiro atoms. The summed E-state index contributed by atoms with van der Waals surface area (Å²) >= 11 is 0. The highest BCUT2D eigenvalue weighted by Gasteiger charge is 2.26. The molecule has 2 rings (SSSR count).